The van der Waals surface area contributed by atoms with Crippen LogP contribution in [0.1, 0.15) is 30.9 Å². The molecule has 5 heteroatoms. The van der Waals surface area contributed by atoms with Crippen LogP contribution < -0.4 is 0 Å². The van der Waals surface area contributed by atoms with E-state index >= 15 is 0 Å². The Bertz CT molecular complexity index is 620. The van der Waals surface area contributed by atoms with Gasteiger partial charge in [0, 0.05) is 18.4 Å². The summed E-state index contributed by atoms with van der Waals surface area (Å²) in [6.07, 6.45) is -0.230. The molecule has 1 aromatic carbocycles. The molecule has 0 aliphatic heterocycles. The molecule has 1 aliphatic carbocycles. The number of hydrogen-bond acceptors (Lipinski definition) is 5. The minimum Gasteiger partial charge on any atom is -0.506 e. The first-order valence-electron chi connectivity index (χ1n) is 7.17. The van der Waals surface area contributed by atoms with Crippen LogP contribution >= 0.6 is 0 Å². The second-order valence-corrected chi connectivity index (χ2v) is 5.29. The van der Waals surface area contributed by atoms with E-state index in [1.54, 1.807) is 31.2 Å². The molecule has 0 spiro atoms. The zero-order valence-electron chi connectivity index (χ0n) is 12.6. The molecule has 0 radical (unpaired) electrons. The van der Waals surface area contributed by atoms with Gasteiger partial charge in [-0.3, -0.25) is 14.4 Å². The van der Waals surface area contributed by atoms with Gasteiger partial charge in [0.25, 0.3) is 0 Å². The summed E-state index contributed by atoms with van der Waals surface area (Å²) in [4.78, 5) is 36.0. The SMILES string of the molecule is CCOC(=O)C1CC(=O)C(=C(O)c2ccc(C)cc2)C(=O)C1. The molecular weight excluding hydrogens is 284 g/mol. The Morgan fingerprint density at radius 1 is 1.18 bits per heavy atom. The van der Waals surface area contributed by atoms with Gasteiger partial charge in [0.2, 0.25) is 0 Å². The monoisotopic (exact) mass is 302 g/mol. The van der Waals surface area contributed by atoms with Crippen molar-refractivity contribution in [3.63, 3.8) is 0 Å². The van der Waals surface area contributed by atoms with Crippen LogP contribution in [0.5, 0.6) is 0 Å². The molecule has 0 amide bonds. The van der Waals surface area contributed by atoms with Crippen molar-refractivity contribution in [3.05, 3.63) is 41.0 Å². The van der Waals surface area contributed by atoms with Gasteiger partial charge in [0.1, 0.15) is 11.3 Å². The number of esters is 1. The number of aryl methyl sites for hydroxylation is 1. The second kappa shape index (κ2) is 6.56. The molecule has 1 N–H and O–H groups in total. The van der Waals surface area contributed by atoms with E-state index in [2.05, 4.69) is 0 Å². The molecule has 1 aliphatic rings. The highest BCUT2D eigenvalue weighted by atomic mass is 16.5. The van der Waals surface area contributed by atoms with Crippen molar-refractivity contribution in [3.8, 4) is 0 Å². The van der Waals surface area contributed by atoms with Gasteiger partial charge in [0.15, 0.2) is 11.6 Å². The number of aliphatic hydroxyl groups excluding tert-OH is 1. The summed E-state index contributed by atoms with van der Waals surface area (Å²) in [5.74, 6) is -2.66. The fourth-order valence-corrected chi connectivity index (χ4v) is 2.43. The van der Waals surface area contributed by atoms with E-state index in [1.165, 1.54) is 0 Å². The third-order valence-electron chi connectivity index (χ3n) is 3.60. The van der Waals surface area contributed by atoms with Crippen molar-refractivity contribution in [1.29, 1.82) is 0 Å². The third kappa shape index (κ3) is 3.24. The fraction of sp³-hybridized carbons (Fsp3) is 0.353. The molecule has 116 valence electrons. The zero-order valence-corrected chi connectivity index (χ0v) is 12.6. The number of rotatable bonds is 3. The third-order valence-corrected chi connectivity index (χ3v) is 3.60. The molecule has 2 rings (SSSR count). The van der Waals surface area contributed by atoms with E-state index in [0.717, 1.165) is 5.56 Å². The van der Waals surface area contributed by atoms with E-state index in [-0.39, 0.29) is 30.8 Å². The van der Waals surface area contributed by atoms with Crippen LogP contribution in [0, 0.1) is 12.8 Å². The highest BCUT2D eigenvalue weighted by Crippen LogP contribution is 2.28. The Balaban J connectivity index is 2.28. The fourth-order valence-electron chi connectivity index (χ4n) is 2.43. The molecule has 1 saturated carbocycles. The molecule has 0 aromatic heterocycles. The summed E-state index contributed by atoms with van der Waals surface area (Å²) in [5, 5.41) is 10.2. The van der Waals surface area contributed by atoms with Crippen LogP contribution in [0.3, 0.4) is 0 Å². The molecule has 22 heavy (non-hydrogen) atoms. The predicted octanol–water partition coefficient (Wildman–Crippen LogP) is 2.38. The number of aliphatic hydroxyl groups is 1. The van der Waals surface area contributed by atoms with Crippen molar-refractivity contribution in [2.45, 2.75) is 26.7 Å². The molecular formula is C17H18O5. The van der Waals surface area contributed by atoms with Crippen LogP contribution in [0.4, 0.5) is 0 Å². The smallest absolute Gasteiger partial charge is 0.309 e. The lowest BCUT2D eigenvalue weighted by atomic mass is 9.82. The van der Waals surface area contributed by atoms with Crippen molar-refractivity contribution in [2.24, 2.45) is 5.92 Å². The Kier molecular flexibility index (Phi) is 4.75. The summed E-state index contributed by atoms with van der Waals surface area (Å²) < 4.78 is 4.85. The Morgan fingerprint density at radius 2 is 1.73 bits per heavy atom. The standard InChI is InChI=1S/C17H18O5/c1-3-22-17(21)12-8-13(18)15(14(19)9-12)16(20)11-6-4-10(2)5-7-11/h4-7,12,20H,3,8-9H2,1-2H3. The maximum absolute atomic E-state index is 12.2. The van der Waals surface area contributed by atoms with E-state index < -0.39 is 23.5 Å². The average Bonchev–Trinajstić information content (AvgIpc) is 2.47. The number of allylic oxidation sites excluding steroid dienone is 1. The van der Waals surface area contributed by atoms with Crippen LogP contribution in [0.25, 0.3) is 5.76 Å². The number of hydrogen-bond donors (Lipinski definition) is 1. The second-order valence-electron chi connectivity index (χ2n) is 5.29. The van der Waals surface area contributed by atoms with Crippen LogP contribution in [-0.4, -0.2) is 29.2 Å². The lowest BCUT2D eigenvalue weighted by Crippen LogP contribution is -2.32. The van der Waals surface area contributed by atoms with Gasteiger partial charge < -0.3 is 9.84 Å². The molecule has 1 fully saturated rings. The van der Waals surface area contributed by atoms with Crippen LogP contribution in [0.15, 0.2) is 29.8 Å². The normalized spacial score (nSPS) is 18.3. The molecule has 0 saturated heterocycles. The van der Waals surface area contributed by atoms with Gasteiger partial charge in [-0.25, -0.2) is 0 Å². The zero-order chi connectivity index (χ0) is 16.3. The molecule has 1 aromatic rings. The Labute approximate surface area is 128 Å². The first-order chi connectivity index (χ1) is 10.4. The number of ether oxygens (including phenoxy) is 1. The minimum absolute atomic E-state index is 0.115. The first-order valence-corrected chi connectivity index (χ1v) is 7.17. The number of ketones is 2. The number of carbonyl (C=O) groups excluding carboxylic acids is 3. The molecule has 0 atom stereocenters. The Hall–Kier alpha value is -2.43. The van der Waals surface area contributed by atoms with Gasteiger partial charge in [-0.1, -0.05) is 29.8 Å². The summed E-state index contributed by atoms with van der Waals surface area (Å²) in [6, 6.07) is 6.86. The van der Waals surface area contributed by atoms with Gasteiger partial charge in [-0.15, -0.1) is 0 Å². The summed E-state index contributed by atoms with van der Waals surface area (Å²) in [7, 11) is 0. The topological polar surface area (TPSA) is 80.7 Å². The van der Waals surface area contributed by atoms with Gasteiger partial charge in [0.05, 0.1) is 12.5 Å². The van der Waals surface area contributed by atoms with Gasteiger partial charge in [-0.05, 0) is 13.8 Å². The number of Topliss-reactive ketones (excluding diaryl/α,β-unsaturated/α-hetero) is 2. The Morgan fingerprint density at radius 3 is 2.23 bits per heavy atom. The first kappa shape index (κ1) is 15.9. The number of carbonyl (C=O) groups is 3. The highest BCUT2D eigenvalue weighted by molar-refractivity contribution is 6.27. The van der Waals surface area contributed by atoms with E-state index in [4.69, 9.17) is 4.74 Å². The van der Waals surface area contributed by atoms with E-state index in [0.29, 0.717) is 5.56 Å². The number of benzene rings is 1. The van der Waals surface area contributed by atoms with Crippen molar-refractivity contribution >= 4 is 23.3 Å². The van der Waals surface area contributed by atoms with Crippen molar-refractivity contribution in [1.82, 2.24) is 0 Å². The molecule has 0 bridgehead atoms. The minimum atomic E-state index is -0.755. The maximum Gasteiger partial charge on any atom is 0.309 e. The maximum atomic E-state index is 12.2. The van der Waals surface area contributed by atoms with Crippen LogP contribution in [0.2, 0.25) is 0 Å². The summed E-state index contributed by atoms with van der Waals surface area (Å²) >= 11 is 0. The molecule has 0 heterocycles. The van der Waals surface area contributed by atoms with E-state index in [1.807, 2.05) is 6.92 Å². The predicted molar refractivity (Wildman–Crippen MR) is 80.1 cm³/mol. The van der Waals surface area contributed by atoms with Gasteiger partial charge >= 0.3 is 5.97 Å². The quantitative estimate of drug-likeness (QED) is 0.401. The molecule has 0 unspecified atom stereocenters. The average molecular weight is 302 g/mol. The van der Waals surface area contributed by atoms with Crippen molar-refractivity contribution < 1.29 is 24.2 Å². The van der Waals surface area contributed by atoms with E-state index in [9.17, 15) is 19.5 Å². The summed E-state index contributed by atoms with van der Waals surface area (Å²) in [5.41, 5.74) is 1.20. The highest BCUT2D eigenvalue weighted by Gasteiger charge is 2.37. The lowest BCUT2D eigenvalue weighted by molar-refractivity contribution is -0.151. The van der Waals surface area contributed by atoms with Crippen LogP contribution in [-0.2, 0) is 19.1 Å². The largest absolute Gasteiger partial charge is 0.506 e. The summed E-state index contributed by atoms with van der Waals surface area (Å²) in [6.45, 7) is 3.77. The van der Waals surface area contributed by atoms with Gasteiger partial charge in [-0.2, -0.15) is 0 Å². The van der Waals surface area contributed by atoms with Crippen molar-refractivity contribution in [2.75, 3.05) is 6.61 Å². The molecule has 5 nitrogen and oxygen atoms in total. The lowest BCUT2D eigenvalue weighted by Gasteiger charge is -2.21.